The second-order valence-corrected chi connectivity index (χ2v) is 7.89. The summed E-state index contributed by atoms with van der Waals surface area (Å²) in [6.45, 7) is 0.287. The molecule has 0 saturated carbocycles. The Hall–Kier alpha value is -0.890. The lowest BCUT2D eigenvalue weighted by atomic mass is 10.1. The number of hydrogen-bond acceptors (Lipinski definition) is 3. The van der Waals surface area contributed by atoms with Gasteiger partial charge in [0.05, 0.1) is 4.90 Å². The highest BCUT2D eigenvalue weighted by Crippen LogP contribution is 2.25. The topological polar surface area (TPSA) is 66.4 Å². The van der Waals surface area contributed by atoms with Gasteiger partial charge in [0.2, 0.25) is 10.0 Å². The Kier molecular flexibility index (Phi) is 5.43. The summed E-state index contributed by atoms with van der Waals surface area (Å²) in [5, 5.41) is 9.19. The summed E-state index contributed by atoms with van der Waals surface area (Å²) in [5.41, 5.74) is 0.949. The summed E-state index contributed by atoms with van der Waals surface area (Å²) >= 11 is 6.54. The molecule has 112 valence electrons. The first-order chi connectivity index (χ1) is 9.88. The zero-order valence-electron chi connectivity index (χ0n) is 10.9. The molecule has 0 aromatic heterocycles. The van der Waals surface area contributed by atoms with Crippen LogP contribution in [-0.4, -0.2) is 20.1 Å². The summed E-state index contributed by atoms with van der Waals surface area (Å²) in [4.78, 5) is 0.205. The van der Waals surface area contributed by atoms with Crippen LogP contribution in [0.3, 0.4) is 0 Å². The van der Waals surface area contributed by atoms with Crippen LogP contribution in [0, 0.1) is 0 Å². The Morgan fingerprint density at radius 1 is 1.05 bits per heavy atom. The van der Waals surface area contributed by atoms with Crippen LogP contribution in [0.4, 0.5) is 0 Å². The van der Waals surface area contributed by atoms with E-state index in [1.54, 1.807) is 36.4 Å². The van der Waals surface area contributed by atoms with Crippen molar-refractivity contribution in [2.45, 2.75) is 11.3 Å². The molecule has 21 heavy (non-hydrogen) atoms. The smallest absolute Gasteiger partial charge is 0.241 e. The van der Waals surface area contributed by atoms with Crippen LogP contribution in [0.5, 0.6) is 5.75 Å². The third-order valence-corrected chi connectivity index (χ3v) is 5.76. The molecule has 0 amide bonds. The van der Waals surface area contributed by atoms with Crippen LogP contribution in [-0.2, 0) is 16.4 Å². The average Bonchev–Trinajstić information content (AvgIpc) is 2.40. The molecule has 0 bridgehead atoms. The molecule has 2 N–H and O–H groups in total. The van der Waals surface area contributed by atoms with Crippen LogP contribution in [0.2, 0.25) is 0 Å². The Morgan fingerprint density at radius 2 is 1.71 bits per heavy atom. The van der Waals surface area contributed by atoms with Crippen LogP contribution >= 0.6 is 31.9 Å². The van der Waals surface area contributed by atoms with Crippen molar-refractivity contribution in [3.05, 3.63) is 57.0 Å². The Morgan fingerprint density at radius 3 is 2.33 bits per heavy atom. The molecule has 0 unspecified atom stereocenters. The molecule has 0 aliphatic rings. The number of sulfonamides is 1. The summed E-state index contributed by atoms with van der Waals surface area (Å²) in [6.07, 6.45) is 0.549. The molecule has 0 atom stereocenters. The third-order valence-electron chi connectivity index (χ3n) is 2.83. The van der Waals surface area contributed by atoms with Crippen LogP contribution in [0.1, 0.15) is 5.56 Å². The van der Waals surface area contributed by atoms with Gasteiger partial charge in [-0.2, -0.15) is 0 Å². The van der Waals surface area contributed by atoms with Crippen molar-refractivity contribution in [1.82, 2.24) is 4.72 Å². The predicted octanol–water partition coefficient (Wildman–Crippen LogP) is 3.44. The van der Waals surface area contributed by atoms with E-state index in [4.69, 9.17) is 0 Å². The standard InChI is InChI=1S/C14H13Br2NO3S/c15-11-3-6-14(13(16)9-11)21(19,20)17-8-7-10-1-4-12(18)5-2-10/h1-6,9,17-18H,7-8H2. The Balaban J connectivity index is 2.03. The number of hydrogen-bond donors (Lipinski definition) is 2. The fraction of sp³-hybridized carbons (Fsp3) is 0.143. The van der Waals surface area contributed by atoms with Crippen molar-refractivity contribution in [2.75, 3.05) is 6.54 Å². The van der Waals surface area contributed by atoms with Gasteiger partial charge in [-0.25, -0.2) is 13.1 Å². The quantitative estimate of drug-likeness (QED) is 0.757. The second kappa shape index (κ2) is 6.91. The lowest BCUT2D eigenvalue weighted by Gasteiger charge is -2.09. The first-order valence-corrected chi connectivity index (χ1v) is 9.18. The minimum Gasteiger partial charge on any atom is -0.508 e. The molecule has 0 saturated heterocycles. The molecule has 0 spiro atoms. The summed E-state index contributed by atoms with van der Waals surface area (Å²) < 4.78 is 28.3. The molecule has 0 heterocycles. The molecule has 0 radical (unpaired) electrons. The highest BCUT2D eigenvalue weighted by molar-refractivity contribution is 9.11. The maximum absolute atomic E-state index is 12.2. The van der Waals surface area contributed by atoms with Gasteiger partial charge >= 0.3 is 0 Å². The van der Waals surface area contributed by atoms with E-state index in [1.165, 1.54) is 6.07 Å². The molecular formula is C14H13Br2NO3S. The van der Waals surface area contributed by atoms with Gasteiger partial charge in [-0.15, -0.1) is 0 Å². The number of halogens is 2. The predicted molar refractivity (Wildman–Crippen MR) is 88.8 cm³/mol. The maximum Gasteiger partial charge on any atom is 0.241 e. The van der Waals surface area contributed by atoms with Gasteiger partial charge in [0.15, 0.2) is 0 Å². The Bertz CT molecular complexity index is 730. The lowest BCUT2D eigenvalue weighted by Crippen LogP contribution is -2.26. The first-order valence-electron chi connectivity index (χ1n) is 6.11. The second-order valence-electron chi connectivity index (χ2n) is 4.39. The zero-order valence-corrected chi connectivity index (χ0v) is 14.9. The van der Waals surface area contributed by atoms with Crippen molar-refractivity contribution in [3.8, 4) is 5.75 Å². The summed E-state index contributed by atoms with van der Waals surface area (Å²) in [7, 11) is -3.55. The molecule has 2 rings (SSSR count). The lowest BCUT2D eigenvalue weighted by molar-refractivity contribution is 0.475. The van der Waals surface area contributed by atoms with Crippen LogP contribution in [0.25, 0.3) is 0 Å². The highest BCUT2D eigenvalue weighted by atomic mass is 79.9. The fourth-order valence-electron chi connectivity index (χ4n) is 1.76. The SMILES string of the molecule is O=S(=O)(NCCc1ccc(O)cc1)c1ccc(Br)cc1Br. The molecule has 0 fully saturated rings. The summed E-state index contributed by atoms with van der Waals surface area (Å²) in [6, 6.07) is 11.6. The largest absolute Gasteiger partial charge is 0.508 e. The monoisotopic (exact) mass is 433 g/mol. The fourth-order valence-corrected chi connectivity index (χ4v) is 4.54. The minimum absolute atomic E-state index is 0.193. The van der Waals surface area contributed by atoms with Crippen molar-refractivity contribution >= 4 is 41.9 Å². The van der Waals surface area contributed by atoms with Gasteiger partial charge in [0.25, 0.3) is 0 Å². The normalized spacial score (nSPS) is 11.5. The molecular weight excluding hydrogens is 422 g/mol. The molecule has 2 aromatic rings. The molecule has 2 aromatic carbocycles. The number of rotatable bonds is 5. The van der Waals surface area contributed by atoms with Gasteiger partial charge < -0.3 is 5.11 Å². The van der Waals surface area contributed by atoms with Crippen molar-refractivity contribution in [2.24, 2.45) is 0 Å². The van der Waals surface area contributed by atoms with Gasteiger partial charge in [0.1, 0.15) is 5.75 Å². The number of phenolic OH excluding ortho intramolecular Hbond substituents is 1. The van der Waals surface area contributed by atoms with Crippen LogP contribution in [0.15, 0.2) is 56.3 Å². The van der Waals surface area contributed by atoms with Crippen LogP contribution < -0.4 is 4.72 Å². The van der Waals surface area contributed by atoms with E-state index >= 15 is 0 Å². The van der Waals surface area contributed by atoms with E-state index < -0.39 is 10.0 Å². The number of aromatic hydroxyl groups is 1. The van der Waals surface area contributed by atoms with E-state index in [0.717, 1.165) is 10.0 Å². The average molecular weight is 435 g/mol. The number of benzene rings is 2. The third kappa shape index (κ3) is 4.54. The van der Waals surface area contributed by atoms with Crippen molar-refractivity contribution in [1.29, 1.82) is 0 Å². The molecule has 7 heteroatoms. The van der Waals surface area contributed by atoms with Crippen molar-refractivity contribution < 1.29 is 13.5 Å². The number of phenols is 1. The minimum atomic E-state index is -3.55. The van der Waals surface area contributed by atoms with E-state index in [1.807, 2.05) is 0 Å². The van der Waals surface area contributed by atoms with Gasteiger partial charge in [-0.05, 0) is 58.2 Å². The number of nitrogens with one attached hydrogen (secondary N) is 1. The molecule has 4 nitrogen and oxygen atoms in total. The maximum atomic E-state index is 12.2. The molecule has 0 aliphatic heterocycles. The highest BCUT2D eigenvalue weighted by Gasteiger charge is 2.17. The van der Waals surface area contributed by atoms with Gasteiger partial charge in [0, 0.05) is 15.5 Å². The summed E-state index contributed by atoms with van der Waals surface area (Å²) in [5.74, 6) is 0.193. The zero-order chi connectivity index (χ0) is 15.5. The van der Waals surface area contributed by atoms with E-state index in [-0.39, 0.29) is 17.2 Å². The van der Waals surface area contributed by atoms with E-state index in [2.05, 4.69) is 36.6 Å². The van der Waals surface area contributed by atoms with Gasteiger partial charge in [-0.1, -0.05) is 28.1 Å². The molecule has 0 aliphatic carbocycles. The van der Waals surface area contributed by atoms with E-state index in [9.17, 15) is 13.5 Å². The van der Waals surface area contributed by atoms with E-state index in [0.29, 0.717) is 10.9 Å². The Labute approximate surface area is 140 Å². The van der Waals surface area contributed by atoms with Gasteiger partial charge in [-0.3, -0.25) is 0 Å². The first kappa shape index (κ1) is 16.5. The van der Waals surface area contributed by atoms with Crippen molar-refractivity contribution in [3.63, 3.8) is 0 Å².